The summed E-state index contributed by atoms with van der Waals surface area (Å²) >= 11 is 0. The maximum Gasteiger partial charge on any atom is 0.343 e. The zero-order valence-corrected chi connectivity index (χ0v) is 22.3. The molecule has 0 aromatic heterocycles. The van der Waals surface area contributed by atoms with E-state index in [1.807, 2.05) is 13.0 Å². The first-order chi connectivity index (χ1) is 18.3. The Labute approximate surface area is 224 Å². The lowest BCUT2D eigenvalue weighted by atomic mass is 10.1. The molecule has 0 aliphatic rings. The van der Waals surface area contributed by atoms with Crippen LogP contribution in [0.4, 0.5) is 0 Å². The van der Waals surface area contributed by atoms with Crippen molar-refractivity contribution >= 4 is 24.0 Å². The van der Waals surface area contributed by atoms with Crippen LogP contribution in [0.25, 0.3) is 6.08 Å². The normalized spacial score (nSPS) is 10.7. The second-order valence-electron chi connectivity index (χ2n) is 8.61. The Kier molecular flexibility index (Phi) is 13.4. The number of carbonyl (C=O) groups excluding carboxylic acids is 3. The van der Waals surface area contributed by atoms with Gasteiger partial charge in [0, 0.05) is 18.8 Å². The highest BCUT2D eigenvalue weighted by Crippen LogP contribution is 2.22. The second kappa shape index (κ2) is 16.8. The van der Waals surface area contributed by atoms with Crippen molar-refractivity contribution in [2.24, 2.45) is 0 Å². The first-order valence-electron chi connectivity index (χ1n) is 12.5. The average Bonchev–Trinajstić information content (AvgIpc) is 2.90. The third-order valence-electron chi connectivity index (χ3n) is 5.32. The summed E-state index contributed by atoms with van der Waals surface area (Å²) in [6.07, 6.45) is 6.55. The van der Waals surface area contributed by atoms with Crippen LogP contribution in [0.3, 0.4) is 0 Å². The molecule has 8 nitrogen and oxygen atoms in total. The molecule has 38 heavy (non-hydrogen) atoms. The van der Waals surface area contributed by atoms with Crippen LogP contribution >= 0.6 is 0 Å². The van der Waals surface area contributed by atoms with E-state index in [1.165, 1.54) is 13.2 Å². The van der Waals surface area contributed by atoms with Gasteiger partial charge in [-0.3, -0.25) is 0 Å². The van der Waals surface area contributed by atoms with Crippen molar-refractivity contribution < 1.29 is 38.1 Å². The third kappa shape index (κ3) is 11.4. The van der Waals surface area contributed by atoms with E-state index < -0.39 is 11.9 Å². The summed E-state index contributed by atoms with van der Waals surface area (Å²) < 4.78 is 26.2. The molecule has 0 atom stereocenters. The number of carbonyl (C=O) groups is 3. The summed E-state index contributed by atoms with van der Waals surface area (Å²) in [5, 5.41) is 0. The van der Waals surface area contributed by atoms with Gasteiger partial charge in [-0.1, -0.05) is 12.6 Å². The van der Waals surface area contributed by atoms with Crippen molar-refractivity contribution in [3.05, 3.63) is 77.4 Å². The van der Waals surface area contributed by atoms with Crippen molar-refractivity contribution in [1.29, 1.82) is 0 Å². The number of unbranched alkanes of at least 4 members (excludes halogenated alkanes) is 3. The third-order valence-corrected chi connectivity index (χ3v) is 5.32. The van der Waals surface area contributed by atoms with Gasteiger partial charge in [0.1, 0.15) is 18.1 Å². The van der Waals surface area contributed by atoms with Crippen molar-refractivity contribution in [3.63, 3.8) is 0 Å². The van der Waals surface area contributed by atoms with Crippen LogP contribution in [-0.2, 0) is 23.8 Å². The standard InChI is InChI=1S/C30H36O8/c1-22(2)29(32)37-18-8-6-5-7-17-35-26-13-11-25(12-14-26)30(33)38-27-15-9-24(21-23(27)3)10-16-28(31)36-20-19-34-4/h9-16,21H,1,5-8,17-20H2,2-4H3/b16-10+. The molecule has 0 saturated carbocycles. The number of methoxy groups -OCH3 is 1. The zero-order valence-electron chi connectivity index (χ0n) is 22.3. The average molecular weight is 525 g/mol. The molecule has 0 aliphatic heterocycles. The Balaban J connectivity index is 1.73. The summed E-state index contributed by atoms with van der Waals surface area (Å²) in [6, 6.07) is 12.0. The van der Waals surface area contributed by atoms with Crippen molar-refractivity contribution in [1.82, 2.24) is 0 Å². The SMILES string of the molecule is C=C(C)C(=O)OCCCCCCOc1ccc(C(=O)Oc2ccc(/C=C/C(=O)OCCOC)cc2C)cc1. The minimum absolute atomic E-state index is 0.193. The lowest BCUT2D eigenvalue weighted by molar-refractivity contribution is -0.139. The number of esters is 3. The van der Waals surface area contributed by atoms with Crippen molar-refractivity contribution in [2.75, 3.05) is 33.5 Å². The number of ether oxygens (including phenoxy) is 5. The number of hydrogen-bond acceptors (Lipinski definition) is 8. The number of aryl methyl sites for hydroxylation is 1. The molecule has 0 amide bonds. The Morgan fingerprint density at radius 2 is 1.58 bits per heavy atom. The molecule has 2 rings (SSSR count). The fourth-order valence-corrected chi connectivity index (χ4v) is 3.21. The minimum Gasteiger partial charge on any atom is -0.494 e. The number of benzene rings is 2. The minimum atomic E-state index is -0.475. The van der Waals surface area contributed by atoms with E-state index in [1.54, 1.807) is 49.4 Å². The molecular weight excluding hydrogens is 488 g/mol. The fraction of sp³-hybridized carbons (Fsp3) is 0.367. The Bertz CT molecular complexity index is 1100. The maximum absolute atomic E-state index is 12.6. The monoisotopic (exact) mass is 524 g/mol. The molecule has 2 aromatic carbocycles. The van der Waals surface area contributed by atoms with Gasteiger partial charge in [0.05, 0.1) is 25.4 Å². The molecule has 0 spiro atoms. The van der Waals surface area contributed by atoms with E-state index >= 15 is 0 Å². The van der Waals surface area contributed by atoms with Gasteiger partial charge in [-0.05, 0) is 93.1 Å². The molecule has 0 bridgehead atoms. The lowest BCUT2D eigenvalue weighted by Gasteiger charge is -2.10. The molecule has 0 heterocycles. The van der Waals surface area contributed by atoms with E-state index in [0.717, 1.165) is 36.8 Å². The molecule has 0 radical (unpaired) electrons. The second-order valence-corrected chi connectivity index (χ2v) is 8.61. The highest BCUT2D eigenvalue weighted by atomic mass is 16.6. The van der Waals surface area contributed by atoms with Gasteiger partial charge in [0.15, 0.2) is 0 Å². The van der Waals surface area contributed by atoms with Crippen LogP contribution in [-0.4, -0.2) is 51.4 Å². The molecule has 204 valence electrons. The Hall–Kier alpha value is -3.91. The highest BCUT2D eigenvalue weighted by Gasteiger charge is 2.11. The van der Waals surface area contributed by atoms with Crippen LogP contribution in [0.1, 0.15) is 54.1 Å². The van der Waals surface area contributed by atoms with Crippen LogP contribution in [0.2, 0.25) is 0 Å². The van der Waals surface area contributed by atoms with E-state index in [0.29, 0.717) is 42.5 Å². The molecule has 2 aromatic rings. The van der Waals surface area contributed by atoms with Crippen LogP contribution in [0, 0.1) is 6.92 Å². The summed E-state index contributed by atoms with van der Waals surface area (Å²) in [5.74, 6) is -0.176. The fourth-order valence-electron chi connectivity index (χ4n) is 3.21. The lowest BCUT2D eigenvalue weighted by Crippen LogP contribution is -2.09. The van der Waals surface area contributed by atoms with E-state index in [-0.39, 0.29) is 12.6 Å². The quantitative estimate of drug-likeness (QED) is 0.123. The smallest absolute Gasteiger partial charge is 0.343 e. The summed E-state index contributed by atoms with van der Waals surface area (Å²) in [4.78, 5) is 35.6. The number of hydrogen-bond donors (Lipinski definition) is 0. The van der Waals surface area contributed by atoms with Gasteiger partial charge in [0.25, 0.3) is 0 Å². The highest BCUT2D eigenvalue weighted by molar-refractivity contribution is 5.91. The van der Waals surface area contributed by atoms with E-state index in [4.69, 9.17) is 23.7 Å². The largest absolute Gasteiger partial charge is 0.494 e. The topological polar surface area (TPSA) is 97.4 Å². The molecule has 0 unspecified atom stereocenters. The van der Waals surface area contributed by atoms with E-state index in [2.05, 4.69) is 6.58 Å². The summed E-state index contributed by atoms with van der Waals surface area (Å²) in [5.41, 5.74) is 2.34. The van der Waals surface area contributed by atoms with Gasteiger partial charge in [-0.2, -0.15) is 0 Å². The number of rotatable bonds is 16. The predicted molar refractivity (Wildman–Crippen MR) is 144 cm³/mol. The Morgan fingerprint density at radius 1 is 0.868 bits per heavy atom. The molecule has 0 N–H and O–H groups in total. The van der Waals surface area contributed by atoms with Crippen LogP contribution in [0.5, 0.6) is 11.5 Å². The summed E-state index contributed by atoms with van der Waals surface area (Å²) in [6.45, 7) is 8.49. The molecule has 0 fully saturated rings. The van der Waals surface area contributed by atoms with Gasteiger partial charge in [0.2, 0.25) is 0 Å². The predicted octanol–water partition coefficient (Wildman–Crippen LogP) is 5.48. The van der Waals surface area contributed by atoms with E-state index in [9.17, 15) is 14.4 Å². The van der Waals surface area contributed by atoms with Gasteiger partial charge in [-0.15, -0.1) is 0 Å². The Morgan fingerprint density at radius 3 is 2.24 bits per heavy atom. The molecule has 0 aliphatic carbocycles. The van der Waals surface area contributed by atoms with Gasteiger partial charge < -0.3 is 23.7 Å². The van der Waals surface area contributed by atoms with Gasteiger partial charge in [-0.25, -0.2) is 14.4 Å². The zero-order chi connectivity index (χ0) is 27.8. The molecular formula is C30H36O8. The van der Waals surface area contributed by atoms with Crippen molar-refractivity contribution in [2.45, 2.75) is 39.5 Å². The molecule has 0 saturated heterocycles. The van der Waals surface area contributed by atoms with Crippen LogP contribution < -0.4 is 9.47 Å². The first kappa shape index (κ1) is 30.3. The first-order valence-corrected chi connectivity index (χ1v) is 12.5. The van der Waals surface area contributed by atoms with Crippen molar-refractivity contribution in [3.8, 4) is 11.5 Å². The molecule has 8 heteroatoms. The van der Waals surface area contributed by atoms with Gasteiger partial charge >= 0.3 is 17.9 Å². The maximum atomic E-state index is 12.6. The summed E-state index contributed by atoms with van der Waals surface area (Å²) in [7, 11) is 1.53. The van der Waals surface area contributed by atoms with Crippen LogP contribution in [0.15, 0.2) is 60.7 Å².